The van der Waals surface area contributed by atoms with Gasteiger partial charge in [-0.05, 0) is 24.1 Å². The van der Waals surface area contributed by atoms with E-state index >= 15 is 0 Å². The summed E-state index contributed by atoms with van der Waals surface area (Å²) in [6.07, 6.45) is 1.48. The topological polar surface area (TPSA) is 23.5 Å². The van der Waals surface area contributed by atoms with Crippen molar-refractivity contribution in [2.24, 2.45) is 0 Å². The molecule has 0 saturated heterocycles. The van der Waals surface area contributed by atoms with Gasteiger partial charge in [0.1, 0.15) is 0 Å². The molecule has 1 aliphatic heterocycles. The molecule has 0 aromatic heterocycles. The largest absolute Gasteiger partial charge is 0.369 e. The first kappa shape index (κ1) is 13.5. The van der Waals surface area contributed by atoms with E-state index in [1.54, 1.807) is 0 Å². The molecule has 3 heteroatoms. The van der Waals surface area contributed by atoms with Crippen molar-refractivity contribution in [1.29, 1.82) is 0 Å². The molecule has 2 aromatic rings. The van der Waals surface area contributed by atoms with E-state index in [-0.39, 0.29) is 0 Å². The first-order chi connectivity index (χ1) is 9.74. The summed E-state index contributed by atoms with van der Waals surface area (Å²) in [6, 6.07) is 14.0. The van der Waals surface area contributed by atoms with Crippen molar-refractivity contribution in [2.75, 3.05) is 11.4 Å². The van der Waals surface area contributed by atoms with Gasteiger partial charge in [-0.1, -0.05) is 55.3 Å². The molecule has 3 rings (SSSR count). The zero-order chi connectivity index (χ0) is 14.1. The molecule has 0 spiro atoms. The average molecular weight is 288 g/mol. The second kappa shape index (κ2) is 5.47. The summed E-state index contributed by atoms with van der Waals surface area (Å²) in [7, 11) is 0. The third kappa shape index (κ3) is 2.09. The number of hydrogen-bond acceptors (Lipinski definition) is 2. The summed E-state index contributed by atoms with van der Waals surface area (Å²) in [6.45, 7) is 2.99. The molecular weight excluding hydrogens is 270 g/mol. The van der Waals surface area contributed by atoms with Crippen molar-refractivity contribution in [3.63, 3.8) is 0 Å². The molecule has 2 aromatic carbocycles. The Hall–Kier alpha value is -1.51. The highest BCUT2D eigenvalue weighted by Crippen LogP contribution is 2.45. The molecule has 2 nitrogen and oxygen atoms in total. The fourth-order valence-corrected chi connectivity index (χ4v) is 3.12. The smallest absolute Gasteiger partial charge is 0.155 e. The highest BCUT2D eigenvalue weighted by Gasteiger charge is 2.30. The number of aliphatic hydroxyl groups excluding tert-OH is 1. The fraction of sp³-hybridized carbons (Fsp3) is 0.294. The Morgan fingerprint density at radius 2 is 1.85 bits per heavy atom. The van der Waals surface area contributed by atoms with E-state index < -0.39 is 6.23 Å². The quantitative estimate of drug-likeness (QED) is 0.890. The second-order valence-electron chi connectivity index (χ2n) is 5.14. The molecule has 1 aliphatic rings. The Labute approximate surface area is 124 Å². The number of nitrogens with zero attached hydrogens (tertiary/aromatic N) is 1. The van der Waals surface area contributed by atoms with E-state index in [1.807, 2.05) is 35.2 Å². The van der Waals surface area contributed by atoms with Crippen LogP contribution in [0.1, 0.15) is 31.6 Å². The summed E-state index contributed by atoms with van der Waals surface area (Å²) in [5.41, 5.74) is 4.09. The zero-order valence-corrected chi connectivity index (χ0v) is 12.3. The Balaban J connectivity index is 2.17. The van der Waals surface area contributed by atoms with Gasteiger partial charge in [0.05, 0.1) is 0 Å². The zero-order valence-electron chi connectivity index (χ0n) is 11.5. The lowest BCUT2D eigenvalue weighted by Gasteiger charge is -2.37. The predicted octanol–water partition coefficient (Wildman–Crippen LogP) is 4.62. The summed E-state index contributed by atoms with van der Waals surface area (Å²) < 4.78 is 0. The molecule has 0 radical (unpaired) electrons. The molecule has 0 bridgehead atoms. The summed E-state index contributed by atoms with van der Waals surface area (Å²) in [4.78, 5) is 2.05. The number of benzene rings is 2. The van der Waals surface area contributed by atoms with Crippen molar-refractivity contribution in [3.8, 4) is 11.1 Å². The molecule has 1 unspecified atom stereocenters. The van der Waals surface area contributed by atoms with Gasteiger partial charge in [0.15, 0.2) is 6.23 Å². The average Bonchev–Trinajstić information content (AvgIpc) is 2.47. The monoisotopic (exact) mass is 287 g/mol. The minimum absolute atomic E-state index is 0.631. The molecular formula is C17H18ClNO. The first-order valence-corrected chi connectivity index (χ1v) is 7.44. The fourth-order valence-electron chi connectivity index (χ4n) is 2.84. The van der Waals surface area contributed by atoms with Gasteiger partial charge >= 0.3 is 0 Å². The lowest BCUT2D eigenvalue weighted by molar-refractivity contribution is 0.170. The molecule has 0 amide bonds. The lowest BCUT2D eigenvalue weighted by atomic mass is 9.92. The molecule has 0 saturated carbocycles. The van der Waals surface area contributed by atoms with Crippen LogP contribution >= 0.6 is 11.6 Å². The molecule has 1 N–H and O–H groups in total. The van der Waals surface area contributed by atoms with Gasteiger partial charge in [-0.3, -0.25) is 0 Å². The maximum Gasteiger partial charge on any atom is 0.155 e. The van der Waals surface area contributed by atoms with E-state index in [0.717, 1.165) is 41.8 Å². The Kier molecular flexibility index (Phi) is 3.68. The molecule has 0 aliphatic carbocycles. The number of fused-ring (bicyclic) bond motifs is 3. The third-order valence-electron chi connectivity index (χ3n) is 3.86. The third-order valence-corrected chi connectivity index (χ3v) is 4.19. The van der Waals surface area contributed by atoms with Crippen LogP contribution in [0.5, 0.6) is 0 Å². The van der Waals surface area contributed by atoms with Crippen LogP contribution < -0.4 is 4.90 Å². The second-order valence-corrected chi connectivity index (χ2v) is 5.55. The highest BCUT2D eigenvalue weighted by atomic mass is 35.5. The van der Waals surface area contributed by atoms with Gasteiger partial charge in [-0.2, -0.15) is 0 Å². The number of rotatable bonds is 3. The van der Waals surface area contributed by atoms with Gasteiger partial charge in [0, 0.05) is 28.4 Å². The van der Waals surface area contributed by atoms with E-state index in [9.17, 15) is 5.11 Å². The van der Waals surface area contributed by atoms with Crippen LogP contribution in [0.2, 0.25) is 5.02 Å². The van der Waals surface area contributed by atoms with E-state index in [4.69, 9.17) is 11.6 Å². The maximum atomic E-state index is 10.7. The van der Waals surface area contributed by atoms with Crippen LogP contribution in [0.4, 0.5) is 5.69 Å². The van der Waals surface area contributed by atoms with Crippen LogP contribution in [0.15, 0.2) is 42.5 Å². The number of anilines is 1. The maximum absolute atomic E-state index is 10.7. The van der Waals surface area contributed by atoms with Crippen LogP contribution in [0.25, 0.3) is 11.1 Å². The van der Waals surface area contributed by atoms with Gasteiger partial charge < -0.3 is 10.0 Å². The minimum atomic E-state index is -0.667. The van der Waals surface area contributed by atoms with Gasteiger partial charge in [-0.25, -0.2) is 0 Å². The van der Waals surface area contributed by atoms with Gasteiger partial charge in [-0.15, -0.1) is 0 Å². The summed E-state index contributed by atoms with van der Waals surface area (Å²) in [5, 5.41) is 11.3. The van der Waals surface area contributed by atoms with Gasteiger partial charge in [0.2, 0.25) is 0 Å². The predicted molar refractivity (Wildman–Crippen MR) is 84.1 cm³/mol. The van der Waals surface area contributed by atoms with Crippen molar-refractivity contribution in [3.05, 3.63) is 53.1 Å². The number of unbranched alkanes of at least 4 members (excludes halogenated alkanes) is 1. The molecule has 0 fully saturated rings. The number of halogens is 1. The van der Waals surface area contributed by atoms with Crippen LogP contribution in [0, 0.1) is 0 Å². The number of aliphatic hydroxyl groups is 1. The van der Waals surface area contributed by atoms with Crippen molar-refractivity contribution < 1.29 is 5.11 Å². The van der Waals surface area contributed by atoms with Crippen molar-refractivity contribution in [2.45, 2.75) is 26.0 Å². The Morgan fingerprint density at radius 1 is 1.10 bits per heavy atom. The number of para-hydroxylation sites is 1. The minimum Gasteiger partial charge on any atom is -0.369 e. The lowest BCUT2D eigenvalue weighted by Crippen LogP contribution is -2.33. The normalized spacial score (nSPS) is 16.8. The molecule has 20 heavy (non-hydrogen) atoms. The van der Waals surface area contributed by atoms with Crippen LogP contribution in [0.3, 0.4) is 0 Å². The number of hydrogen-bond donors (Lipinski definition) is 1. The standard InChI is InChI=1S/C17H18ClNO/c1-2-3-11-19-15-10-5-4-7-12(15)13-8-6-9-14(18)16(13)17(19)20/h4-10,17,20H,2-3,11H2,1H3. The Bertz CT molecular complexity index is 626. The van der Waals surface area contributed by atoms with Crippen LogP contribution in [-0.4, -0.2) is 11.7 Å². The van der Waals surface area contributed by atoms with Crippen molar-refractivity contribution >= 4 is 17.3 Å². The molecule has 1 heterocycles. The van der Waals surface area contributed by atoms with E-state index in [0.29, 0.717) is 5.02 Å². The van der Waals surface area contributed by atoms with Crippen molar-refractivity contribution in [1.82, 2.24) is 0 Å². The Morgan fingerprint density at radius 3 is 2.65 bits per heavy atom. The molecule has 104 valence electrons. The first-order valence-electron chi connectivity index (χ1n) is 7.06. The van der Waals surface area contributed by atoms with E-state index in [1.165, 1.54) is 0 Å². The summed E-state index contributed by atoms with van der Waals surface area (Å²) >= 11 is 6.32. The van der Waals surface area contributed by atoms with E-state index in [2.05, 4.69) is 19.1 Å². The van der Waals surface area contributed by atoms with Crippen LogP contribution in [-0.2, 0) is 0 Å². The highest BCUT2D eigenvalue weighted by molar-refractivity contribution is 6.32. The SMILES string of the molecule is CCCCN1c2ccccc2-c2cccc(Cl)c2C1O. The molecule has 1 atom stereocenters. The van der Waals surface area contributed by atoms with Gasteiger partial charge in [0.25, 0.3) is 0 Å². The summed E-state index contributed by atoms with van der Waals surface area (Å²) in [5.74, 6) is 0.